The molecule has 0 saturated heterocycles. The van der Waals surface area contributed by atoms with Crippen LogP contribution in [0.25, 0.3) is 21.9 Å². The molecule has 26 heavy (non-hydrogen) atoms. The molecular weight excluding hydrogens is 369 g/mol. The van der Waals surface area contributed by atoms with Crippen LogP contribution in [0.4, 0.5) is 0 Å². The van der Waals surface area contributed by atoms with E-state index < -0.39 is 0 Å². The van der Waals surface area contributed by atoms with Crippen molar-refractivity contribution in [3.8, 4) is 11.1 Å². The average Bonchev–Trinajstić information content (AvgIpc) is 3.13. The van der Waals surface area contributed by atoms with Gasteiger partial charge < -0.3 is 14.1 Å². The Kier molecular flexibility index (Phi) is 7.08. The zero-order valence-electron chi connectivity index (χ0n) is 13.8. The van der Waals surface area contributed by atoms with Crippen LogP contribution in [-0.4, -0.2) is 0 Å². The van der Waals surface area contributed by atoms with Gasteiger partial charge in [0, 0.05) is 5.92 Å². The van der Waals surface area contributed by atoms with Crippen LogP contribution < -0.4 is 14.1 Å². The molecule has 0 fully saturated rings. The van der Waals surface area contributed by atoms with Crippen molar-refractivity contribution >= 4 is 10.8 Å². The normalized spacial score (nSPS) is 11.2. The Morgan fingerprint density at radius 2 is 1.12 bits per heavy atom. The monoisotopic (exact) mass is 384 g/mol. The Morgan fingerprint density at radius 1 is 0.615 bits per heavy atom. The van der Waals surface area contributed by atoms with Gasteiger partial charge in [-0.15, -0.1) is 40.6 Å². The van der Waals surface area contributed by atoms with E-state index in [1.165, 1.54) is 38.6 Å². The molecule has 0 bridgehead atoms. The molecule has 0 heterocycles. The second-order valence-electron chi connectivity index (χ2n) is 6.03. The fourth-order valence-corrected chi connectivity index (χ4v) is 3.86. The third kappa shape index (κ3) is 3.13. The average molecular weight is 384 g/mol. The number of hydrogen-bond donors (Lipinski definition) is 0. The molecule has 4 aromatic rings. The summed E-state index contributed by atoms with van der Waals surface area (Å²) in [5.74, 6) is 0.361. The number of halogens is 3. The summed E-state index contributed by atoms with van der Waals surface area (Å²) in [6.07, 6.45) is 0. The standard InChI is InChI=1S/C22H15.3FH.Ti/c1-2-8-16-14-17(13-15(16)7-1)22-20-11-5-3-9-18(20)19-10-4-6-12-21(19)22;;;;/h1-14,22H;3*1H;/q-1;;;;+4/p-3. The Labute approximate surface area is 165 Å². The topological polar surface area (TPSA) is 0 Å². The quantitative estimate of drug-likeness (QED) is 0.210. The Hall–Kier alpha value is -2.23. The summed E-state index contributed by atoms with van der Waals surface area (Å²) in [4.78, 5) is 0. The SMILES string of the molecule is [F-].[F-].[F-].[Ti+4].c1ccc2c(c1)-c1ccccc1C2c1cc2ccccc2[cH-]1. The molecule has 0 amide bonds. The molecule has 0 saturated carbocycles. The van der Waals surface area contributed by atoms with E-state index >= 15 is 0 Å². The number of hydrogen-bond acceptors (Lipinski definition) is 0. The van der Waals surface area contributed by atoms with Crippen LogP contribution in [0.2, 0.25) is 0 Å². The summed E-state index contributed by atoms with van der Waals surface area (Å²) in [6.45, 7) is 0. The zero-order valence-corrected chi connectivity index (χ0v) is 15.4. The van der Waals surface area contributed by atoms with Crippen LogP contribution in [0.15, 0.2) is 84.9 Å². The van der Waals surface area contributed by atoms with E-state index in [1.807, 2.05) is 0 Å². The maximum absolute atomic E-state index is 2.35. The first-order valence-corrected chi connectivity index (χ1v) is 7.75. The third-order valence-electron chi connectivity index (χ3n) is 4.81. The van der Waals surface area contributed by atoms with E-state index in [2.05, 4.69) is 84.9 Å². The van der Waals surface area contributed by atoms with Crippen LogP contribution in [0, 0.1) is 0 Å². The van der Waals surface area contributed by atoms with Crippen molar-refractivity contribution in [2.24, 2.45) is 0 Å². The van der Waals surface area contributed by atoms with Crippen molar-refractivity contribution in [2.75, 3.05) is 0 Å². The van der Waals surface area contributed by atoms with Gasteiger partial charge in [-0.3, -0.25) is 0 Å². The molecule has 1 aliphatic rings. The second-order valence-corrected chi connectivity index (χ2v) is 6.03. The first-order chi connectivity index (χ1) is 10.9. The minimum absolute atomic E-state index is 0. The van der Waals surface area contributed by atoms with Gasteiger partial charge in [-0.25, -0.2) is 0 Å². The van der Waals surface area contributed by atoms with Crippen LogP contribution >= 0.6 is 0 Å². The van der Waals surface area contributed by atoms with Crippen LogP contribution in [0.1, 0.15) is 22.6 Å². The molecule has 0 aliphatic heterocycles. The Morgan fingerprint density at radius 3 is 1.69 bits per heavy atom. The smallest absolute Gasteiger partial charge is 1.00 e. The molecule has 0 spiro atoms. The van der Waals surface area contributed by atoms with Crippen molar-refractivity contribution in [3.05, 3.63) is 102 Å². The summed E-state index contributed by atoms with van der Waals surface area (Å²) < 4.78 is 0. The Balaban J connectivity index is 0.000000845. The van der Waals surface area contributed by atoms with Gasteiger partial charge in [0.1, 0.15) is 0 Å². The van der Waals surface area contributed by atoms with E-state index in [4.69, 9.17) is 0 Å². The second kappa shape index (κ2) is 8.44. The van der Waals surface area contributed by atoms with Gasteiger partial charge in [-0.05, 0) is 22.3 Å². The summed E-state index contributed by atoms with van der Waals surface area (Å²) >= 11 is 0. The maximum Gasteiger partial charge on any atom is 4.00 e. The van der Waals surface area contributed by atoms with Gasteiger partial charge >= 0.3 is 21.7 Å². The van der Waals surface area contributed by atoms with Crippen molar-refractivity contribution < 1.29 is 35.8 Å². The fraction of sp³-hybridized carbons (Fsp3) is 0.0455. The van der Waals surface area contributed by atoms with Crippen molar-refractivity contribution in [2.45, 2.75) is 5.92 Å². The van der Waals surface area contributed by atoms with Gasteiger partial charge in [-0.1, -0.05) is 54.6 Å². The molecule has 1 aliphatic carbocycles. The van der Waals surface area contributed by atoms with Gasteiger partial charge in [-0.2, -0.15) is 6.07 Å². The van der Waals surface area contributed by atoms with Gasteiger partial charge in [0.05, 0.1) is 0 Å². The van der Waals surface area contributed by atoms with E-state index in [-0.39, 0.29) is 35.8 Å². The van der Waals surface area contributed by atoms with E-state index in [1.54, 1.807) is 0 Å². The molecule has 4 aromatic carbocycles. The minimum atomic E-state index is 0. The van der Waals surface area contributed by atoms with E-state index in [9.17, 15) is 0 Å². The van der Waals surface area contributed by atoms with E-state index in [0.717, 1.165) is 0 Å². The molecule has 4 heteroatoms. The number of benzene rings is 3. The molecule has 0 nitrogen and oxygen atoms in total. The minimum Gasteiger partial charge on any atom is -1.00 e. The summed E-state index contributed by atoms with van der Waals surface area (Å²) in [6, 6.07) is 30.9. The van der Waals surface area contributed by atoms with Gasteiger partial charge in [0.15, 0.2) is 0 Å². The van der Waals surface area contributed by atoms with Gasteiger partial charge in [0.2, 0.25) is 0 Å². The van der Waals surface area contributed by atoms with Crippen molar-refractivity contribution in [1.82, 2.24) is 0 Å². The number of fused-ring (bicyclic) bond motifs is 4. The summed E-state index contributed by atoms with van der Waals surface area (Å²) in [5.41, 5.74) is 7.03. The first-order valence-electron chi connectivity index (χ1n) is 7.75. The largest absolute Gasteiger partial charge is 4.00 e. The maximum atomic E-state index is 2.35. The molecule has 5 rings (SSSR count). The van der Waals surface area contributed by atoms with Gasteiger partial charge in [0.25, 0.3) is 0 Å². The van der Waals surface area contributed by atoms with Crippen LogP contribution in [0.3, 0.4) is 0 Å². The van der Waals surface area contributed by atoms with Crippen molar-refractivity contribution in [3.63, 3.8) is 0 Å². The van der Waals surface area contributed by atoms with Crippen molar-refractivity contribution in [1.29, 1.82) is 0 Å². The summed E-state index contributed by atoms with van der Waals surface area (Å²) in [5, 5.41) is 2.67. The molecular formula is C22H15F3Ti. The number of rotatable bonds is 1. The molecule has 0 N–H and O–H groups in total. The van der Waals surface area contributed by atoms with E-state index in [0.29, 0.717) is 5.92 Å². The predicted octanol–water partition coefficient (Wildman–Crippen LogP) is -3.27. The Bertz CT molecular complexity index is 928. The molecule has 0 aromatic heterocycles. The summed E-state index contributed by atoms with van der Waals surface area (Å²) in [7, 11) is 0. The molecule has 0 radical (unpaired) electrons. The fourth-order valence-electron chi connectivity index (χ4n) is 3.86. The van der Waals surface area contributed by atoms with Crippen LogP contribution in [0.5, 0.6) is 0 Å². The zero-order chi connectivity index (χ0) is 14.5. The third-order valence-corrected chi connectivity index (χ3v) is 4.81. The first kappa shape index (κ1) is 21.8. The molecule has 0 unspecified atom stereocenters. The molecule has 0 atom stereocenters. The van der Waals surface area contributed by atoms with Crippen LogP contribution in [-0.2, 0) is 21.7 Å². The molecule has 128 valence electrons. The predicted molar refractivity (Wildman–Crippen MR) is 92.4 cm³/mol.